The first kappa shape index (κ1) is 12.5. The van der Waals surface area contributed by atoms with Crippen LogP contribution < -0.4 is 5.32 Å². The molecule has 0 fully saturated rings. The lowest BCUT2D eigenvalue weighted by Crippen LogP contribution is -2.19. The molecule has 1 aliphatic carbocycles. The maximum Gasteiger partial charge on any atom is 0.105 e. The van der Waals surface area contributed by atoms with Crippen molar-refractivity contribution < 1.29 is 4.42 Å². The van der Waals surface area contributed by atoms with Crippen molar-refractivity contribution in [3.05, 3.63) is 58.5 Å². The van der Waals surface area contributed by atoms with E-state index in [9.17, 15) is 0 Å². The van der Waals surface area contributed by atoms with Crippen LogP contribution >= 0.6 is 0 Å². The molecule has 1 unspecified atom stereocenters. The highest BCUT2D eigenvalue weighted by molar-refractivity contribution is 5.36. The molecule has 0 saturated heterocycles. The summed E-state index contributed by atoms with van der Waals surface area (Å²) in [4.78, 5) is 0. The number of aryl methyl sites for hydroxylation is 3. The maximum atomic E-state index is 5.42. The smallest absolute Gasteiger partial charge is 0.105 e. The number of nitrogens with one attached hydrogen (secondary N) is 1. The lowest BCUT2D eigenvalue weighted by Gasteiger charge is -2.16. The van der Waals surface area contributed by atoms with Gasteiger partial charge in [-0.25, -0.2) is 0 Å². The average Bonchev–Trinajstić information content (AvgIpc) is 3.04. The van der Waals surface area contributed by atoms with Crippen LogP contribution in [0.25, 0.3) is 0 Å². The van der Waals surface area contributed by atoms with Crippen molar-refractivity contribution in [2.45, 2.75) is 38.6 Å². The van der Waals surface area contributed by atoms with Crippen LogP contribution in [0.3, 0.4) is 0 Å². The molecule has 100 valence electrons. The Morgan fingerprint density at radius 2 is 2.05 bits per heavy atom. The van der Waals surface area contributed by atoms with E-state index in [-0.39, 0.29) is 0 Å². The molecule has 1 aromatic carbocycles. The summed E-state index contributed by atoms with van der Waals surface area (Å²) < 4.78 is 5.42. The van der Waals surface area contributed by atoms with Gasteiger partial charge in [0.1, 0.15) is 5.76 Å². The summed E-state index contributed by atoms with van der Waals surface area (Å²) in [5.74, 6) is 1.01. The van der Waals surface area contributed by atoms with Gasteiger partial charge in [-0.3, -0.25) is 0 Å². The topological polar surface area (TPSA) is 25.2 Å². The van der Waals surface area contributed by atoms with Gasteiger partial charge < -0.3 is 9.73 Å². The second-order valence-corrected chi connectivity index (χ2v) is 5.43. The minimum atomic E-state index is 0.332. The Hall–Kier alpha value is -1.54. The molecule has 3 rings (SSSR count). The number of hydrogen-bond donors (Lipinski definition) is 1. The van der Waals surface area contributed by atoms with Crippen molar-refractivity contribution >= 4 is 0 Å². The SMILES string of the molecule is CNC(Cc1ccc2c(c1)CCC2)c1ccoc1C. The van der Waals surface area contributed by atoms with Gasteiger partial charge in [0.2, 0.25) is 0 Å². The molecule has 19 heavy (non-hydrogen) atoms. The van der Waals surface area contributed by atoms with E-state index in [2.05, 4.69) is 29.6 Å². The summed E-state index contributed by atoms with van der Waals surface area (Å²) in [6.07, 6.45) is 6.61. The van der Waals surface area contributed by atoms with E-state index in [1.807, 2.05) is 14.0 Å². The van der Waals surface area contributed by atoms with Crippen LogP contribution in [0.5, 0.6) is 0 Å². The van der Waals surface area contributed by atoms with Crippen molar-refractivity contribution in [3.8, 4) is 0 Å². The normalized spacial score (nSPS) is 15.5. The minimum Gasteiger partial charge on any atom is -0.469 e. The van der Waals surface area contributed by atoms with E-state index in [0.29, 0.717) is 6.04 Å². The summed E-state index contributed by atoms with van der Waals surface area (Å²) in [6, 6.07) is 9.39. The van der Waals surface area contributed by atoms with Gasteiger partial charge in [0, 0.05) is 11.6 Å². The molecule has 1 heterocycles. The van der Waals surface area contributed by atoms with E-state index in [4.69, 9.17) is 4.42 Å². The van der Waals surface area contributed by atoms with Crippen molar-refractivity contribution in [1.82, 2.24) is 5.32 Å². The molecular weight excluding hydrogens is 234 g/mol. The van der Waals surface area contributed by atoms with Gasteiger partial charge in [0.15, 0.2) is 0 Å². The summed E-state index contributed by atoms with van der Waals surface area (Å²) >= 11 is 0. The van der Waals surface area contributed by atoms with E-state index in [1.54, 1.807) is 17.4 Å². The molecule has 1 N–H and O–H groups in total. The van der Waals surface area contributed by atoms with Gasteiger partial charge in [0.05, 0.1) is 6.26 Å². The van der Waals surface area contributed by atoms with E-state index in [0.717, 1.165) is 12.2 Å². The molecule has 1 aliphatic rings. The molecular formula is C17H21NO. The number of furan rings is 1. The summed E-state index contributed by atoms with van der Waals surface area (Å²) in [5, 5.41) is 3.40. The molecule has 2 heteroatoms. The lowest BCUT2D eigenvalue weighted by atomic mass is 9.97. The monoisotopic (exact) mass is 255 g/mol. The van der Waals surface area contributed by atoms with Crippen LogP contribution in [-0.4, -0.2) is 7.05 Å². The molecule has 0 saturated carbocycles. The van der Waals surface area contributed by atoms with Crippen LogP contribution in [0, 0.1) is 6.92 Å². The quantitative estimate of drug-likeness (QED) is 0.903. The number of fused-ring (bicyclic) bond motifs is 1. The lowest BCUT2D eigenvalue weighted by molar-refractivity contribution is 0.512. The highest BCUT2D eigenvalue weighted by Gasteiger charge is 2.16. The fourth-order valence-electron chi connectivity index (χ4n) is 3.11. The summed E-state index contributed by atoms with van der Waals surface area (Å²) in [6.45, 7) is 2.03. The van der Waals surface area contributed by atoms with Crippen molar-refractivity contribution in [2.75, 3.05) is 7.05 Å². The second-order valence-electron chi connectivity index (χ2n) is 5.43. The van der Waals surface area contributed by atoms with Crippen LogP contribution in [0.4, 0.5) is 0 Å². The van der Waals surface area contributed by atoms with Gasteiger partial charge in [-0.2, -0.15) is 0 Å². The molecule has 0 amide bonds. The number of hydrogen-bond acceptors (Lipinski definition) is 2. The van der Waals surface area contributed by atoms with Crippen molar-refractivity contribution in [2.24, 2.45) is 0 Å². The third kappa shape index (κ3) is 2.45. The highest BCUT2D eigenvalue weighted by Crippen LogP contribution is 2.26. The third-order valence-electron chi connectivity index (χ3n) is 4.23. The number of rotatable bonds is 4. The van der Waals surface area contributed by atoms with E-state index < -0.39 is 0 Å². The number of benzene rings is 1. The Labute approximate surface area is 114 Å². The zero-order valence-electron chi connectivity index (χ0n) is 11.7. The highest BCUT2D eigenvalue weighted by atomic mass is 16.3. The average molecular weight is 255 g/mol. The Morgan fingerprint density at radius 3 is 2.79 bits per heavy atom. The first-order chi connectivity index (χ1) is 9.28. The predicted octanol–water partition coefficient (Wildman–Crippen LogP) is 3.58. The van der Waals surface area contributed by atoms with Gasteiger partial charge >= 0.3 is 0 Å². The van der Waals surface area contributed by atoms with Crippen LogP contribution in [0.2, 0.25) is 0 Å². The molecule has 0 aliphatic heterocycles. The zero-order chi connectivity index (χ0) is 13.2. The van der Waals surface area contributed by atoms with E-state index >= 15 is 0 Å². The standard InChI is InChI=1S/C17H21NO/c1-12-16(8-9-19-12)17(18-2)11-13-6-7-14-4-3-5-15(14)10-13/h6-10,17-18H,3-5,11H2,1-2H3. The van der Waals surface area contributed by atoms with Crippen LogP contribution in [0.1, 0.15) is 40.5 Å². The molecule has 1 aromatic heterocycles. The molecule has 2 aromatic rings. The fraction of sp³-hybridized carbons (Fsp3) is 0.412. The Kier molecular flexibility index (Phi) is 3.43. The molecule has 0 radical (unpaired) electrons. The molecule has 0 spiro atoms. The van der Waals surface area contributed by atoms with Gasteiger partial charge in [-0.05, 0) is 62.4 Å². The van der Waals surface area contributed by atoms with Crippen LogP contribution in [0.15, 0.2) is 34.9 Å². The second kappa shape index (κ2) is 5.22. The Balaban J connectivity index is 1.81. The first-order valence-electron chi connectivity index (χ1n) is 7.10. The van der Waals surface area contributed by atoms with Crippen molar-refractivity contribution in [3.63, 3.8) is 0 Å². The van der Waals surface area contributed by atoms with Gasteiger partial charge in [0.25, 0.3) is 0 Å². The van der Waals surface area contributed by atoms with Gasteiger partial charge in [-0.1, -0.05) is 18.2 Å². The predicted molar refractivity (Wildman–Crippen MR) is 77.4 cm³/mol. The van der Waals surface area contributed by atoms with Crippen LogP contribution in [-0.2, 0) is 19.3 Å². The summed E-state index contributed by atoms with van der Waals surface area (Å²) in [5.41, 5.74) is 5.78. The Bertz CT molecular complexity index is 570. The van der Waals surface area contributed by atoms with E-state index in [1.165, 1.54) is 30.4 Å². The molecule has 1 atom stereocenters. The third-order valence-corrected chi connectivity index (χ3v) is 4.23. The largest absolute Gasteiger partial charge is 0.469 e. The first-order valence-corrected chi connectivity index (χ1v) is 7.10. The van der Waals surface area contributed by atoms with Gasteiger partial charge in [-0.15, -0.1) is 0 Å². The number of likely N-dealkylation sites (N-methyl/N-ethyl adjacent to an activating group) is 1. The molecule has 2 nitrogen and oxygen atoms in total. The maximum absolute atomic E-state index is 5.42. The fourth-order valence-corrected chi connectivity index (χ4v) is 3.11. The Morgan fingerprint density at radius 1 is 1.21 bits per heavy atom. The molecule has 0 bridgehead atoms. The zero-order valence-corrected chi connectivity index (χ0v) is 11.7. The minimum absolute atomic E-state index is 0.332. The summed E-state index contributed by atoms with van der Waals surface area (Å²) in [7, 11) is 2.02. The van der Waals surface area contributed by atoms with Crippen molar-refractivity contribution in [1.29, 1.82) is 0 Å².